The normalized spacial score (nSPS) is 35.9. The third-order valence-electron chi connectivity index (χ3n) is 8.57. The second kappa shape index (κ2) is 9.68. The van der Waals surface area contributed by atoms with Crippen LogP contribution in [0.25, 0.3) is 0 Å². The summed E-state index contributed by atoms with van der Waals surface area (Å²) in [5.41, 5.74) is 1.55. The summed E-state index contributed by atoms with van der Waals surface area (Å²) in [5, 5.41) is 0. The average molecular weight is 383 g/mol. The molecule has 0 aliphatic heterocycles. The lowest BCUT2D eigenvalue weighted by molar-refractivity contribution is 0.0712. The van der Waals surface area contributed by atoms with Crippen molar-refractivity contribution in [2.24, 2.45) is 29.6 Å². The van der Waals surface area contributed by atoms with E-state index in [1.165, 1.54) is 57.8 Å². The Bertz CT molecular complexity index is 583. The highest BCUT2D eigenvalue weighted by atomic mass is 16.5. The molecule has 0 bridgehead atoms. The molecule has 0 aromatic heterocycles. The summed E-state index contributed by atoms with van der Waals surface area (Å²) in [5.74, 6) is 7.03. The van der Waals surface area contributed by atoms with Gasteiger partial charge in [-0.3, -0.25) is 0 Å². The molecule has 4 atom stereocenters. The fourth-order valence-corrected chi connectivity index (χ4v) is 7.02. The molecule has 4 rings (SSSR count). The molecule has 1 aromatic rings. The monoisotopic (exact) mass is 382 g/mol. The van der Waals surface area contributed by atoms with Crippen molar-refractivity contribution in [2.75, 3.05) is 6.61 Å². The van der Waals surface area contributed by atoms with Gasteiger partial charge in [-0.25, -0.2) is 0 Å². The number of hydrogen-bond acceptors (Lipinski definition) is 1. The molecule has 3 aliphatic carbocycles. The topological polar surface area (TPSA) is 9.23 Å². The minimum atomic E-state index is 0.758. The molecule has 4 unspecified atom stereocenters. The maximum Gasteiger partial charge on any atom is 0.119 e. The molecule has 0 spiro atoms. The van der Waals surface area contributed by atoms with Gasteiger partial charge in [-0.1, -0.05) is 44.7 Å². The highest BCUT2D eigenvalue weighted by molar-refractivity contribution is 5.29. The summed E-state index contributed by atoms with van der Waals surface area (Å²) < 4.78 is 5.62. The minimum Gasteiger partial charge on any atom is -0.494 e. The molecule has 0 amide bonds. The maximum atomic E-state index is 5.62. The second-order valence-electron chi connectivity index (χ2n) is 10.2. The van der Waals surface area contributed by atoms with Gasteiger partial charge in [0.25, 0.3) is 0 Å². The van der Waals surface area contributed by atoms with Crippen LogP contribution < -0.4 is 4.74 Å². The molecule has 156 valence electrons. The number of hydrogen-bond donors (Lipinski definition) is 0. The van der Waals surface area contributed by atoms with E-state index in [-0.39, 0.29) is 0 Å². The third kappa shape index (κ3) is 4.77. The Kier molecular flexibility index (Phi) is 7.02. The van der Waals surface area contributed by atoms with Crippen LogP contribution in [0.1, 0.15) is 102 Å². The summed E-state index contributed by atoms with van der Waals surface area (Å²) in [6.45, 7) is 5.17. The van der Waals surface area contributed by atoms with Crippen LogP contribution in [0.5, 0.6) is 5.75 Å². The van der Waals surface area contributed by atoms with E-state index >= 15 is 0 Å². The van der Waals surface area contributed by atoms with Crippen LogP contribution in [0.15, 0.2) is 24.3 Å². The quantitative estimate of drug-likeness (QED) is 0.484. The smallest absolute Gasteiger partial charge is 0.119 e. The van der Waals surface area contributed by atoms with E-state index < -0.39 is 0 Å². The van der Waals surface area contributed by atoms with Gasteiger partial charge >= 0.3 is 0 Å². The molecule has 0 radical (unpaired) electrons. The van der Waals surface area contributed by atoms with Gasteiger partial charge in [0, 0.05) is 0 Å². The zero-order valence-electron chi connectivity index (χ0n) is 18.4. The Balaban J connectivity index is 1.28. The molecule has 1 nitrogen and oxygen atoms in total. The molecule has 3 fully saturated rings. The molecule has 1 aromatic carbocycles. The predicted molar refractivity (Wildman–Crippen MR) is 119 cm³/mol. The summed E-state index contributed by atoms with van der Waals surface area (Å²) in [6.07, 6.45) is 17.9. The van der Waals surface area contributed by atoms with E-state index in [1.54, 1.807) is 24.8 Å². The summed E-state index contributed by atoms with van der Waals surface area (Å²) in [4.78, 5) is 0. The van der Waals surface area contributed by atoms with Crippen molar-refractivity contribution in [3.63, 3.8) is 0 Å². The van der Waals surface area contributed by atoms with Crippen molar-refractivity contribution in [1.82, 2.24) is 0 Å². The number of benzene rings is 1. The van der Waals surface area contributed by atoms with E-state index in [1.807, 2.05) is 0 Å². The lowest BCUT2D eigenvalue weighted by Crippen LogP contribution is -2.34. The van der Waals surface area contributed by atoms with Crippen LogP contribution in [-0.2, 0) is 0 Å². The lowest BCUT2D eigenvalue weighted by atomic mass is 9.60. The Labute approximate surface area is 173 Å². The Morgan fingerprint density at radius 2 is 1.32 bits per heavy atom. The fourth-order valence-electron chi connectivity index (χ4n) is 7.02. The van der Waals surface area contributed by atoms with Gasteiger partial charge < -0.3 is 4.74 Å². The molecule has 3 aliphatic rings. The molecule has 0 heterocycles. The summed E-state index contributed by atoms with van der Waals surface area (Å²) in [6, 6.07) is 9.01. The molecular weight excluding hydrogens is 340 g/mol. The largest absolute Gasteiger partial charge is 0.494 e. The molecule has 0 saturated heterocycles. The van der Waals surface area contributed by atoms with E-state index in [9.17, 15) is 0 Å². The van der Waals surface area contributed by atoms with E-state index in [0.29, 0.717) is 0 Å². The van der Waals surface area contributed by atoms with Crippen LogP contribution in [0.2, 0.25) is 0 Å². The lowest BCUT2D eigenvalue weighted by Gasteiger charge is -2.45. The third-order valence-corrected chi connectivity index (χ3v) is 8.57. The van der Waals surface area contributed by atoms with Crippen molar-refractivity contribution < 1.29 is 4.74 Å². The predicted octanol–water partition coefficient (Wildman–Crippen LogP) is 7.99. The van der Waals surface area contributed by atoms with Crippen molar-refractivity contribution >= 4 is 0 Å². The SMILES string of the molecule is CCCC1CCC(C2CCC3CC(c4ccc(OCC)cc4)CCC3C2)CC1. The minimum absolute atomic E-state index is 0.758. The number of ether oxygens (including phenoxy) is 1. The Morgan fingerprint density at radius 3 is 2.00 bits per heavy atom. The molecule has 3 saturated carbocycles. The van der Waals surface area contributed by atoms with Gasteiger partial charge in [0.15, 0.2) is 0 Å². The molecule has 1 heteroatoms. The first-order chi connectivity index (χ1) is 13.8. The first kappa shape index (κ1) is 20.3. The van der Waals surface area contributed by atoms with E-state index in [4.69, 9.17) is 4.74 Å². The number of fused-ring (bicyclic) bond motifs is 1. The fraction of sp³-hybridized carbons (Fsp3) is 0.778. The second-order valence-corrected chi connectivity index (χ2v) is 10.2. The van der Waals surface area contributed by atoms with Gasteiger partial charge in [-0.2, -0.15) is 0 Å². The Hall–Kier alpha value is -0.980. The van der Waals surface area contributed by atoms with Crippen molar-refractivity contribution in [3.05, 3.63) is 29.8 Å². The molecule has 0 N–H and O–H groups in total. The van der Waals surface area contributed by atoms with Gasteiger partial charge in [-0.15, -0.1) is 0 Å². The van der Waals surface area contributed by atoms with Crippen molar-refractivity contribution in [1.29, 1.82) is 0 Å². The average Bonchev–Trinajstić information content (AvgIpc) is 2.75. The van der Waals surface area contributed by atoms with Gasteiger partial charge in [0.05, 0.1) is 6.61 Å². The highest BCUT2D eigenvalue weighted by Gasteiger charge is 2.38. The van der Waals surface area contributed by atoms with Crippen LogP contribution >= 0.6 is 0 Å². The first-order valence-corrected chi connectivity index (χ1v) is 12.5. The van der Waals surface area contributed by atoms with Crippen LogP contribution in [-0.4, -0.2) is 6.61 Å². The van der Waals surface area contributed by atoms with Crippen molar-refractivity contribution in [3.8, 4) is 5.75 Å². The first-order valence-electron chi connectivity index (χ1n) is 12.5. The summed E-state index contributed by atoms with van der Waals surface area (Å²) in [7, 11) is 0. The van der Waals surface area contributed by atoms with Crippen LogP contribution in [0.3, 0.4) is 0 Å². The van der Waals surface area contributed by atoms with E-state index in [2.05, 4.69) is 38.1 Å². The van der Waals surface area contributed by atoms with Gasteiger partial charge in [-0.05, 0) is 111 Å². The van der Waals surface area contributed by atoms with Gasteiger partial charge in [0.2, 0.25) is 0 Å². The van der Waals surface area contributed by atoms with Gasteiger partial charge in [0.1, 0.15) is 5.75 Å². The standard InChI is InChI=1S/C27H42O/c1-3-5-20-6-8-21(9-7-20)23-10-12-26-19-24(11-13-25(26)18-23)22-14-16-27(17-15-22)28-4-2/h14-17,20-21,23-26H,3-13,18-19H2,1-2H3. The number of rotatable bonds is 6. The molecule has 28 heavy (non-hydrogen) atoms. The molecular formula is C27H42O. The van der Waals surface area contributed by atoms with E-state index in [0.717, 1.165) is 47.9 Å². The zero-order valence-corrected chi connectivity index (χ0v) is 18.4. The highest BCUT2D eigenvalue weighted by Crippen LogP contribution is 2.51. The maximum absolute atomic E-state index is 5.62. The summed E-state index contributed by atoms with van der Waals surface area (Å²) >= 11 is 0. The Morgan fingerprint density at radius 1 is 0.714 bits per heavy atom. The van der Waals surface area contributed by atoms with Crippen LogP contribution in [0, 0.1) is 29.6 Å². The zero-order chi connectivity index (χ0) is 19.3. The van der Waals surface area contributed by atoms with Crippen molar-refractivity contribution in [2.45, 2.75) is 96.8 Å². The van der Waals surface area contributed by atoms with Crippen LogP contribution in [0.4, 0.5) is 0 Å².